The number of aliphatic hydroxyl groups excluding tert-OH is 1. The van der Waals surface area contributed by atoms with Crippen molar-refractivity contribution in [1.29, 1.82) is 0 Å². The molecule has 0 aromatic heterocycles. The van der Waals surface area contributed by atoms with Crippen molar-refractivity contribution >= 4 is 0 Å². The summed E-state index contributed by atoms with van der Waals surface area (Å²) in [6.07, 6.45) is 7.03. The maximum atomic E-state index is 8.62. The molecular formula is C11H26N2O. The van der Waals surface area contributed by atoms with Gasteiger partial charge in [-0.05, 0) is 52.4 Å². The van der Waals surface area contributed by atoms with Gasteiger partial charge < -0.3 is 15.7 Å². The molecule has 3 N–H and O–H groups in total. The average molecular weight is 202 g/mol. The highest BCUT2D eigenvalue weighted by Crippen LogP contribution is 2.00. The highest BCUT2D eigenvalue weighted by atomic mass is 16.2. The molecule has 14 heavy (non-hydrogen) atoms. The van der Waals surface area contributed by atoms with E-state index in [2.05, 4.69) is 11.9 Å². The summed E-state index contributed by atoms with van der Waals surface area (Å²) < 4.78 is 0. The van der Waals surface area contributed by atoms with Crippen molar-refractivity contribution in [3.8, 4) is 0 Å². The van der Waals surface area contributed by atoms with Gasteiger partial charge in [-0.2, -0.15) is 0 Å². The van der Waals surface area contributed by atoms with E-state index in [1.807, 2.05) is 0 Å². The summed E-state index contributed by atoms with van der Waals surface area (Å²) >= 11 is 0. The van der Waals surface area contributed by atoms with Crippen molar-refractivity contribution in [1.82, 2.24) is 4.90 Å². The molecule has 0 fully saturated rings. The van der Waals surface area contributed by atoms with Crippen LogP contribution in [0.4, 0.5) is 0 Å². The standard InChI is InChI=1S/C11H26N2O/c1-13(10-6-7-11-14)9-5-3-2-4-8-12/h14H,2-12H2,1H3. The molecule has 0 amide bonds. The zero-order valence-electron chi connectivity index (χ0n) is 9.54. The fraction of sp³-hybridized carbons (Fsp3) is 1.00. The van der Waals surface area contributed by atoms with E-state index in [0.29, 0.717) is 6.61 Å². The third-order valence-corrected chi connectivity index (χ3v) is 2.44. The normalized spacial score (nSPS) is 11.1. The molecular weight excluding hydrogens is 176 g/mol. The first-order valence-corrected chi connectivity index (χ1v) is 5.80. The summed E-state index contributed by atoms with van der Waals surface area (Å²) in [7, 11) is 2.15. The summed E-state index contributed by atoms with van der Waals surface area (Å²) in [6, 6.07) is 0. The number of hydrogen-bond donors (Lipinski definition) is 2. The van der Waals surface area contributed by atoms with Gasteiger partial charge in [-0.25, -0.2) is 0 Å². The molecule has 0 radical (unpaired) electrons. The Morgan fingerprint density at radius 1 is 0.929 bits per heavy atom. The lowest BCUT2D eigenvalue weighted by Gasteiger charge is -2.15. The fourth-order valence-corrected chi connectivity index (χ4v) is 1.48. The van der Waals surface area contributed by atoms with Crippen LogP contribution in [0.2, 0.25) is 0 Å². The molecule has 0 rings (SSSR count). The van der Waals surface area contributed by atoms with Crippen molar-refractivity contribution in [3.05, 3.63) is 0 Å². The lowest BCUT2D eigenvalue weighted by molar-refractivity contribution is 0.261. The second-order valence-corrected chi connectivity index (χ2v) is 3.94. The number of nitrogens with two attached hydrogens (primary N) is 1. The molecule has 0 bridgehead atoms. The van der Waals surface area contributed by atoms with Gasteiger partial charge in [0.2, 0.25) is 0 Å². The molecule has 0 spiro atoms. The van der Waals surface area contributed by atoms with Gasteiger partial charge in [0.1, 0.15) is 0 Å². The molecule has 0 aliphatic heterocycles. The highest BCUT2D eigenvalue weighted by Gasteiger charge is 1.97. The van der Waals surface area contributed by atoms with Crippen LogP contribution in [0.25, 0.3) is 0 Å². The number of nitrogens with zero attached hydrogens (tertiary/aromatic N) is 1. The van der Waals surface area contributed by atoms with E-state index < -0.39 is 0 Å². The molecule has 0 unspecified atom stereocenters. The molecule has 0 aliphatic carbocycles. The first-order valence-electron chi connectivity index (χ1n) is 5.80. The van der Waals surface area contributed by atoms with E-state index in [9.17, 15) is 0 Å². The highest BCUT2D eigenvalue weighted by molar-refractivity contribution is 4.53. The second kappa shape index (κ2) is 11.0. The molecule has 0 aromatic carbocycles. The number of aliphatic hydroxyl groups is 1. The summed E-state index contributed by atoms with van der Waals surface area (Å²) in [5.74, 6) is 0. The molecule has 0 saturated heterocycles. The molecule has 0 heterocycles. The summed E-state index contributed by atoms with van der Waals surface area (Å²) in [6.45, 7) is 3.43. The number of hydrogen-bond acceptors (Lipinski definition) is 3. The first kappa shape index (κ1) is 13.9. The zero-order valence-corrected chi connectivity index (χ0v) is 9.54. The Bertz CT molecular complexity index is 109. The van der Waals surface area contributed by atoms with Gasteiger partial charge in [0.15, 0.2) is 0 Å². The van der Waals surface area contributed by atoms with Crippen molar-refractivity contribution in [3.63, 3.8) is 0 Å². The molecule has 3 nitrogen and oxygen atoms in total. The van der Waals surface area contributed by atoms with Gasteiger partial charge in [-0.1, -0.05) is 12.8 Å². The van der Waals surface area contributed by atoms with E-state index in [-0.39, 0.29) is 0 Å². The van der Waals surface area contributed by atoms with Crippen LogP contribution in [-0.4, -0.2) is 43.3 Å². The van der Waals surface area contributed by atoms with Crippen molar-refractivity contribution < 1.29 is 5.11 Å². The Hall–Kier alpha value is -0.120. The van der Waals surface area contributed by atoms with Crippen LogP contribution < -0.4 is 5.73 Å². The minimum atomic E-state index is 0.324. The lowest BCUT2D eigenvalue weighted by Crippen LogP contribution is -2.21. The minimum Gasteiger partial charge on any atom is -0.396 e. The van der Waals surface area contributed by atoms with Gasteiger partial charge in [0.05, 0.1) is 0 Å². The largest absolute Gasteiger partial charge is 0.396 e. The SMILES string of the molecule is CN(CCCCO)CCCCCCN. The molecule has 0 atom stereocenters. The van der Waals surface area contributed by atoms with E-state index >= 15 is 0 Å². The third kappa shape index (κ3) is 9.96. The smallest absolute Gasteiger partial charge is 0.0431 e. The Kier molecular flexibility index (Phi) is 10.9. The van der Waals surface area contributed by atoms with Gasteiger partial charge in [-0.15, -0.1) is 0 Å². The Morgan fingerprint density at radius 2 is 1.50 bits per heavy atom. The quantitative estimate of drug-likeness (QED) is 0.524. The summed E-state index contributed by atoms with van der Waals surface area (Å²) in [5, 5.41) is 8.62. The molecule has 0 aliphatic rings. The van der Waals surface area contributed by atoms with E-state index in [0.717, 1.165) is 32.4 Å². The minimum absolute atomic E-state index is 0.324. The maximum Gasteiger partial charge on any atom is 0.0431 e. The summed E-state index contributed by atoms with van der Waals surface area (Å²) in [4.78, 5) is 2.35. The molecule has 3 heteroatoms. The fourth-order valence-electron chi connectivity index (χ4n) is 1.48. The third-order valence-electron chi connectivity index (χ3n) is 2.44. The van der Waals surface area contributed by atoms with Crippen LogP contribution in [0.5, 0.6) is 0 Å². The monoisotopic (exact) mass is 202 g/mol. The molecule has 86 valence electrons. The van der Waals surface area contributed by atoms with Crippen LogP contribution in [-0.2, 0) is 0 Å². The van der Waals surface area contributed by atoms with Crippen LogP contribution in [0.1, 0.15) is 38.5 Å². The van der Waals surface area contributed by atoms with Crippen LogP contribution in [0.3, 0.4) is 0 Å². The van der Waals surface area contributed by atoms with E-state index in [1.54, 1.807) is 0 Å². The van der Waals surface area contributed by atoms with Gasteiger partial charge in [0, 0.05) is 6.61 Å². The maximum absolute atomic E-state index is 8.62. The van der Waals surface area contributed by atoms with Gasteiger partial charge >= 0.3 is 0 Å². The van der Waals surface area contributed by atoms with E-state index in [4.69, 9.17) is 10.8 Å². The molecule has 0 saturated carbocycles. The Balaban J connectivity index is 3.06. The van der Waals surface area contributed by atoms with Crippen molar-refractivity contribution in [2.24, 2.45) is 5.73 Å². The lowest BCUT2D eigenvalue weighted by atomic mass is 10.2. The van der Waals surface area contributed by atoms with Crippen LogP contribution in [0, 0.1) is 0 Å². The predicted octanol–water partition coefficient (Wildman–Crippen LogP) is 1.21. The first-order chi connectivity index (χ1) is 6.81. The zero-order chi connectivity index (χ0) is 10.6. The van der Waals surface area contributed by atoms with Gasteiger partial charge in [-0.3, -0.25) is 0 Å². The van der Waals surface area contributed by atoms with Crippen LogP contribution >= 0.6 is 0 Å². The Morgan fingerprint density at radius 3 is 2.07 bits per heavy atom. The topological polar surface area (TPSA) is 49.5 Å². The summed E-state index contributed by atoms with van der Waals surface area (Å²) in [5.41, 5.74) is 5.42. The number of rotatable bonds is 10. The second-order valence-electron chi connectivity index (χ2n) is 3.94. The van der Waals surface area contributed by atoms with Crippen molar-refractivity contribution in [2.75, 3.05) is 33.3 Å². The van der Waals surface area contributed by atoms with Crippen molar-refractivity contribution in [2.45, 2.75) is 38.5 Å². The predicted molar refractivity (Wildman–Crippen MR) is 61.3 cm³/mol. The van der Waals surface area contributed by atoms with Crippen LogP contribution in [0.15, 0.2) is 0 Å². The molecule has 0 aromatic rings. The Labute approximate surface area is 88.3 Å². The van der Waals surface area contributed by atoms with E-state index in [1.165, 1.54) is 25.8 Å². The average Bonchev–Trinajstić information content (AvgIpc) is 2.18. The van der Waals surface area contributed by atoms with Gasteiger partial charge in [0.25, 0.3) is 0 Å². The number of unbranched alkanes of at least 4 members (excludes halogenated alkanes) is 4.